The van der Waals surface area contributed by atoms with E-state index >= 15 is 0 Å². The van der Waals surface area contributed by atoms with Crippen LogP contribution in [0.15, 0.2) is 65.6 Å². The SMILES string of the molecule is COc1ccc(CN(C(=O)c2cccc(F)c2)C(C)C)cc1OS(=O)(=O)c1ccc(Cl)c(Cl)c1. The monoisotopic (exact) mass is 525 g/mol. The first-order chi connectivity index (χ1) is 16.0. The third-order valence-corrected chi connectivity index (χ3v) is 6.89. The fourth-order valence-electron chi connectivity index (χ4n) is 3.16. The van der Waals surface area contributed by atoms with Crippen molar-refractivity contribution in [3.05, 3.63) is 87.7 Å². The number of hydrogen-bond acceptors (Lipinski definition) is 5. The molecule has 0 aromatic heterocycles. The van der Waals surface area contributed by atoms with E-state index in [1.165, 1.54) is 60.5 Å². The van der Waals surface area contributed by atoms with Gasteiger partial charge in [0.2, 0.25) is 0 Å². The molecule has 0 saturated carbocycles. The van der Waals surface area contributed by atoms with Gasteiger partial charge in [0.1, 0.15) is 10.7 Å². The van der Waals surface area contributed by atoms with Crippen LogP contribution in [0.4, 0.5) is 4.39 Å². The van der Waals surface area contributed by atoms with E-state index in [0.717, 1.165) is 0 Å². The molecule has 10 heteroatoms. The molecule has 0 aliphatic carbocycles. The van der Waals surface area contributed by atoms with Crippen LogP contribution in [0.3, 0.4) is 0 Å². The minimum atomic E-state index is -4.26. The van der Waals surface area contributed by atoms with Gasteiger partial charge < -0.3 is 13.8 Å². The fourth-order valence-corrected chi connectivity index (χ4v) is 4.48. The average Bonchev–Trinajstić information content (AvgIpc) is 2.78. The number of hydrogen-bond donors (Lipinski definition) is 0. The Bertz CT molecular complexity index is 1310. The maximum absolute atomic E-state index is 13.6. The highest BCUT2D eigenvalue weighted by Gasteiger charge is 2.23. The molecule has 0 aliphatic heterocycles. The van der Waals surface area contributed by atoms with E-state index in [0.29, 0.717) is 5.56 Å². The highest BCUT2D eigenvalue weighted by molar-refractivity contribution is 7.87. The number of rotatable bonds is 8. The molecular formula is C24H22Cl2FNO5S. The minimum Gasteiger partial charge on any atom is -0.493 e. The van der Waals surface area contributed by atoms with Crippen molar-refractivity contribution in [2.24, 2.45) is 0 Å². The van der Waals surface area contributed by atoms with Gasteiger partial charge in [-0.3, -0.25) is 4.79 Å². The Morgan fingerprint density at radius 2 is 1.74 bits per heavy atom. The molecular weight excluding hydrogens is 504 g/mol. The Morgan fingerprint density at radius 1 is 1.00 bits per heavy atom. The van der Waals surface area contributed by atoms with Crippen LogP contribution in [-0.4, -0.2) is 32.4 Å². The Balaban J connectivity index is 1.91. The zero-order chi connectivity index (χ0) is 25.0. The van der Waals surface area contributed by atoms with Gasteiger partial charge in [0.15, 0.2) is 11.5 Å². The Morgan fingerprint density at radius 3 is 2.35 bits per heavy atom. The van der Waals surface area contributed by atoms with Crippen molar-refractivity contribution in [1.29, 1.82) is 0 Å². The van der Waals surface area contributed by atoms with Gasteiger partial charge in [-0.05, 0) is 67.9 Å². The van der Waals surface area contributed by atoms with Crippen molar-refractivity contribution < 1.29 is 26.5 Å². The lowest BCUT2D eigenvalue weighted by Crippen LogP contribution is -2.36. The molecule has 180 valence electrons. The number of methoxy groups -OCH3 is 1. The summed E-state index contributed by atoms with van der Waals surface area (Å²) in [6.45, 7) is 3.78. The van der Waals surface area contributed by atoms with Crippen LogP contribution in [0.1, 0.15) is 29.8 Å². The zero-order valence-corrected chi connectivity index (χ0v) is 20.9. The predicted molar refractivity (Wildman–Crippen MR) is 129 cm³/mol. The highest BCUT2D eigenvalue weighted by Crippen LogP contribution is 2.33. The van der Waals surface area contributed by atoms with Crippen LogP contribution in [0.5, 0.6) is 11.5 Å². The first kappa shape index (κ1) is 25.8. The summed E-state index contributed by atoms with van der Waals surface area (Å²) in [7, 11) is -2.88. The van der Waals surface area contributed by atoms with Crippen LogP contribution in [-0.2, 0) is 16.7 Å². The second kappa shape index (κ2) is 10.6. The number of amides is 1. The number of halogens is 3. The molecule has 3 aromatic carbocycles. The quantitative estimate of drug-likeness (QED) is 0.339. The summed E-state index contributed by atoms with van der Waals surface area (Å²) in [5.41, 5.74) is 0.791. The van der Waals surface area contributed by atoms with E-state index in [4.69, 9.17) is 32.1 Å². The van der Waals surface area contributed by atoms with Gasteiger partial charge in [-0.2, -0.15) is 8.42 Å². The van der Waals surface area contributed by atoms with E-state index in [-0.39, 0.29) is 50.5 Å². The van der Waals surface area contributed by atoms with Crippen molar-refractivity contribution in [2.75, 3.05) is 7.11 Å². The highest BCUT2D eigenvalue weighted by atomic mass is 35.5. The molecule has 0 unspecified atom stereocenters. The van der Waals surface area contributed by atoms with Crippen molar-refractivity contribution >= 4 is 39.2 Å². The molecule has 0 atom stereocenters. The van der Waals surface area contributed by atoms with Gasteiger partial charge in [0.05, 0.1) is 17.2 Å². The second-order valence-corrected chi connectivity index (χ2v) is 10.00. The maximum Gasteiger partial charge on any atom is 0.339 e. The first-order valence-corrected chi connectivity index (χ1v) is 12.3. The molecule has 6 nitrogen and oxygen atoms in total. The fraction of sp³-hybridized carbons (Fsp3) is 0.208. The third-order valence-electron chi connectivity index (χ3n) is 4.92. The molecule has 0 N–H and O–H groups in total. The van der Waals surface area contributed by atoms with E-state index in [2.05, 4.69) is 0 Å². The molecule has 0 fully saturated rings. The molecule has 0 heterocycles. The lowest BCUT2D eigenvalue weighted by molar-refractivity contribution is 0.0689. The van der Waals surface area contributed by atoms with Crippen molar-refractivity contribution in [3.63, 3.8) is 0 Å². The van der Waals surface area contributed by atoms with Crippen LogP contribution in [0, 0.1) is 5.82 Å². The van der Waals surface area contributed by atoms with E-state index in [9.17, 15) is 17.6 Å². The summed E-state index contributed by atoms with van der Waals surface area (Å²) in [5, 5.41) is 0.271. The smallest absolute Gasteiger partial charge is 0.339 e. The van der Waals surface area contributed by atoms with Gasteiger partial charge in [-0.1, -0.05) is 35.3 Å². The Kier molecular flexibility index (Phi) is 8.07. The second-order valence-electron chi connectivity index (χ2n) is 7.64. The topological polar surface area (TPSA) is 72.9 Å². The zero-order valence-electron chi connectivity index (χ0n) is 18.6. The standard InChI is InChI=1S/C24H22Cl2FNO5S/c1-15(2)28(24(29)17-5-4-6-18(27)12-17)14-16-7-10-22(32-3)23(11-16)33-34(30,31)19-8-9-20(25)21(26)13-19/h4-13,15H,14H2,1-3H3. The molecule has 3 rings (SSSR count). The molecule has 0 spiro atoms. The molecule has 0 radical (unpaired) electrons. The number of carbonyl (C=O) groups is 1. The molecule has 3 aromatic rings. The first-order valence-electron chi connectivity index (χ1n) is 10.1. The van der Waals surface area contributed by atoms with E-state index in [1.54, 1.807) is 12.1 Å². The van der Waals surface area contributed by atoms with Crippen LogP contribution < -0.4 is 8.92 Å². The van der Waals surface area contributed by atoms with Crippen LogP contribution in [0.25, 0.3) is 0 Å². The third kappa shape index (κ3) is 6.00. The number of benzene rings is 3. The normalized spacial score (nSPS) is 11.4. The molecule has 34 heavy (non-hydrogen) atoms. The summed E-state index contributed by atoms with van der Waals surface area (Å²) in [6, 6.07) is 13.7. The molecule has 0 aliphatic rings. The Labute approximate surface area is 207 Å². The number of ether oxygens (including phenoxy) is 1. The van der Waals surface area contributed by atoms with Gasteiger partial charge in [0.25, 0.3) is 5.91 Å². The predicted octanol–water partition coefficient (Wildman–Crippen LogP) is 5.96. The van der Waals surface area contributed by atoms with Crippen LogP contribution >= 0.6 is 23.2 Å². The van der Waals surface area contributed by atoms with Crippen LogP contribution in [0.2, 0.25) is 10.0 Å². The molecule has 0 bridgehead atoms. The molecule has 1 amide bonds. The lowest BCUT2D eigenvalue weighted by atomic mass is 10.1. The van der Waals surface area contributed by atoms with Crippen molar-refractivity contribution in [1.82, 2.24) is 4.90 Å². The van der Waals surface area contributed by atoms with Gasteiger partial charge in [0, 0.05) is 18.2 Å². The largest absolute Gasteiger partial charge is 0.493 e. The van der Waals surface area contributed by atoms with Crippen molar-refractivity contribution in [2.45, 2.75) is 31.3 Å². The summed E-state index contributed by atoms with van der Waals surface area (Å²) in [5.74, 6) is -0.758. The summed E-state index contributed by atoms with van der Waals surface area (Å²) >= 11 is 11.8. The number of nitrogens with zero attached hydrogens (tertiary/aromatic N) is 1. The Hall–Kier alpha value is -2.81. The minimum absolute atomic E-state index is 0.0621. The average molecular weight is 526 g/mol. The number of carbonyl (C=O) groups excluding carboxylic acids is 1. The van der Waals surface area contributed by atoms with Crippen molar-refractivity contribution in [3.8, 4) is 11.5 Å². The molecule has 0 saturated heterocycles. The summed E-state index contributed by atoms with van der Waals surface area (Å²) in [4.78, 5) is 14.4. The van der Waals surface area contributed by atoms with E-state index < -0.39 is 15.9 Å². The maximum atomic E-state index is 13.6. The summed E-state index contributed by atoms with van der Waals surface area (Å²) < 4.78 is 49.9. The van der Waals surface area contributed by atoms with Gasteiger partial charge in [-0.25, -0.2) is 4.39 Å². The lowest BCUT2D eigenvalue weighted by Gasteiger charge is -2.27. The van der Waals surface area contributed by atoms with Gasteiger partial charge in [-0.15, -0.1) is 0 Å². The summed E-state index contributed by atoms with van der Waals surface area (Å²) in [6.07, 6.45) is 0. The van der Waals surface area contributed by atoms with Gasteiger partial charge >= 0.3 is 10.1 Å². The van der Waals surface area contributed by atoms with E-state index in [1.807, 2.05) is 13.8 Å².